The highest BCUT2D eigenvalue weighted by Gasteiger charge is 2.62. The van der Waals surface area contributed by atoms with E-state index in [9.17, 15) is 4.79 Å². The molecule has 3 heteroatoms. The van der Waals surface area contributed by atoms with Gasteiger partial charge in [-0.2, -0.15) is 0 Å². The molecule has 3 rings (SSSR count). The standard InChI is InChI=1S/C18H22O3/c1-17(2)13-8-9-18(17,16(19)12-13)10-11-21-15-6-4-14(20-3)5-7-15/h4-7,10-11,13H,8-9,12H2,1-3H3/b11-10+. The van der Waals surface area contributed by atoms with Gasteiger partial charge in [-0.15, -0.1) is 0 Å². The van der Waals surface area contributed by atoms with Crippen LogP contribution in [0.5, 0.6) is 11.5 Å². The molecule has 2 bridgehead atoms. The molecule has 0 heterocycles. The summed E-state index contributed by atoms with van der Waals surface area (Å²) in [6.07, 6.45) is 6.50. The predicted octanol–water partition coefficient (Wildman–Crippen LogP) is 3.98. The molecule has 2 unspecified atom stereocenters. The average Bonchev–Trinajstić information content (AvgIpc) is 2.82. The van der Waals surface area contributed by atoms with Crippen molar-refractivity contribution in [2.75, 3.05) is 7.11 Å². The first-order chi connectivity index (χ1) is 9.99. The molecule has 1 aromatic carbocycles. The number of benzene rings is 1. The lowest BCUT2D eigenvalue weighted by molar-refractivity contribution is -0.126. The van der Waals surface area contributed by atoms with Crippen molar-refractivity contribution in [3.63, 3.8) is 0 Å². The molecule has 0 N–H and O–H groups in total. The molecule has 2 fully saturated rings. The molecule has 0 amide bonds. The molecule has 0 radical (unpaired) electrons. The van der Waals surface area contributed by atoms with Gasteiger partial charge in [0.15, 0.2) is 0 Å². The number of hydrogen-bond acceptors (Lipinski definition) is 3. The second-order valence-electron chi connectivity index (χ2n) is 6.65. The van der Waals surface area contributed by atoms with Gasteiger partial charge in [0.1, 0.15) is 17.3 Å². The van der Waals surface area contributed by atoms with E-state index in [4.69, 9.17) is 9.47 Å². The van der Waals surface area contributed by atoms with Crippen LogP contribution in [0.1, 0.15) is 33.1 Å². The lowest BCUT2D eigenvalue weighted by Gasteiger charge is -2.33. The highest BCUT2D eigenvalue weighted by Crippen LogP contribution is 2.64. The molecule has 0 aromatic heterocycles. The number of allylic oxidation sites excluding steroid dienone is 1. The molecule has 2 saturated carbocycles. The van der Waals surface area contributed by atoms with Crippen LogP contribution in [-0.2, 0) is 4.79 Å². The van der Waals surface area contributed by atoms with Crippen LogP contribution in [0.15, 0.2) is 36.6 Å². The zero-order valence-electron chi connectivity index (χ0n) is 12.9. The number of carbonyl (C=O) groups is 1. The van der Waals surface area contributed by atoms with Crippen molar-refractivity contribution in [3.05, 3.63) is 36.6 Å². The Kier molecular flexibility index (Phi) is 3.31. The van der Waals surface area contributed by atoms with Gasteiger partial charge in [-0.05, 0) is 54.5 Å². The van der Waals surface area contributed by atoms with Crippen LogP contribution in [0.4, 0.5) is 0 Å². The fourth-order valence-corrected chi connectivity index (χ4v) is 3.99. The Morgan fingerprint density at radius 1 is 1.19 bits per heavy atom. The van der Waals surface area contributed by atoms with Crippen molar-refractivity contribution in [3.8, 4) is 11.5 Å². The average molecular weight is 286 g/mol. The summed E-state index contributed by atoms with van der Waals surface area (Å²) in [6, 6.07) is 7.44. The van der Waals surface area contributed by atoms with Crippen molar-refractivity contribution < 1.29 is 14.3 Å². The monoisotopic (exact) mass is 286 g/mol. The Hall–Kier alpha value is -1.77. The van der Waals surface area contributed by atoms with Gasteiger partial charge in [-0.25, -0.2) is 0 Å². The van der Waals surface area contributed by atoms with Crippen LogP contribution < -0.4 is 9.47 Å². The Morgan fingerprint density at radius 3 is 2.38 bits per heavy atom. The fraction of sp³-hybridized carbons (Fsp3) is 0.500. The zero-order chi connectivity index (χ0) is 15.1. The highest BCUT2D eigenvalue weighted by atomic mass is 16.5. The molecule has 0 spiro atoms. The number of methoxy groups -OCH3 is 1. The molecule has 2 atom stereocenters. The van der Waals surface area contributed by atoms with Gasteiger partial charge < -0.3 is 9.47 Å². The summed E-state index contributed by atoms with van der Waals surface area (Å²) in [7, 11) is 1.64. The largest absolute Gasteiger partial charge is 0.497 e. The van der Waals surface area contributed by atoms with Crippen molar-refractivity contribution in [2.24, 2.45) is 16.7 Å². The highest BCUT2D eigenvalue weighted by molar-refractivity contribution is 5.91. The van der Waals surface area contributed by atoms with E-state index in [0.717, 1.165) is 30.8 Å². The third-order valence-electron chi connectivity index (χ3n) is 5.60. The van der Waals surface area contributed by atoms with E-state index in [-0.39, 0.29) is 10.8 Å². The van der Waals surface area contributed by atoms with Crippen LogP contribution in [-0.4, -0.2) is 12.9 Å². The van der Waals surface area contributed by atoms with Gasteiger partial charge in [0.25, 0.3) is 0 Å². The summed E-state index contributed by atoms with van der Waals surface area (Å²) >= 11 is 0. The third-order valence-corrected chi connectivity index (χ3v) is 5.60. The van der Waals surface area contributed by atoms with Crippen LogP contribution in [0.2, 0.25) is 0 Å². The van der Waals surface area contributed by atoms with Crippen molar-refractivity contribution >= 4 is 5.78 Å². The Morgan fingerprint density at radius 2 is 1.86 bits per heavy atom. The van der Waals surface area contributed by atoms with Gasteiger partial charge >= 0.3 is 0 Å². The van der Waals surface area contributed by atoms with Crippen LogP contribution in [0.25, 0.3) is 0 Å². The van der Waals surface area contributed by atoms with Crippen molar-refractivity contribution in [1.29, 1.82) is 0 Å². The maximum atomic E-state index is 12.4. The summed E-state index contributed by atoms with van der Waals surface area (Å²) in [5.74, 6) is 2.45. The molecule has 0 saturated heterocycles. The van der Waals surface area contributed by atoms with Crippen molar-refractivity contribution in [2.45, 2.75) is 33.1 Å². The second kappa shape index (κ2) is 4.90. The first kappa shape index (κ1) is 14.2. The van der Waals surface area contributed by atoms with E-state index in [1.165, 1.54) is 0 Å². The van der Waals surface area contributed by atoms with Gasteiger partial charge in [-0.1, -0.05) is 13.8 Å². The van der Waals surface area contributed by atoms with Gasteiger partial charge in [-0.3, -0.25) is 4.79 Å². The Bertz CT molecular complexity index is 571. The molecular formula is C18H22O3. The second-order valence-corrected chi connectivity index (χ2v) is 6.65. The number of Topliss-reactive ketones (excluding diaryl/α,β-unsaturated/α-hetero) is 1. The minimum atomic E-state index is -0.329. The molecule has 21 heavy (non-hydrogen) atoms. The Labute approximate surface area is 125 Å². The van der Waals surface area contributed by atoms with Gasteiger partial charge in [0.05, 0.1) is 18.8 Å². The SMILES string of the molecule is COc1ccc(O/C=C/C23CCC(CC2=O)C3(C)C)cc1. The zero-order valence-corrected chi connectivity index (χ0v) is 12.9. The van der Waals surface area contributed by atoms with Gasteiger partial charge in [0.2, 0.25) is 0 Å². The molecule has 0 aliphatic heterocycles. The van der Waals surface area contributed by atoms with Crippen molar-refractivity contribution in [1.82, 2.24) is 0 Å². The van der Waals surface area contributed by atoms with E-state index >= 15 is 0 Å². The summed E-state index contributed by atoms with van der Waals surface area (Å²) in [5.41, 5.74) is -0.284. The molecule has 1 aromatic rings. The third kappa shape index (κ3) is 2.06. The first-order valence-electron chi connectivity index (χ1n) is 7.51. The number of fused-ring (bicyclic) bond motifs is 2. The number of ether oxygens (including phenoxy) is 2. The molecule has 2 aliphatic rings. The molecule has 3 nitrogen and oxygen atoms in total. The van der Waals surface area contributed by atoms with E-state index in [2.05, 4.69) is 13.8 Å². The lowest BCUT2D eigenvalue weighted by Crippen LogP contribution is -2.33. The Balaban J connectivity index is 1.75. The number of ketones is 1. The lowest BCUT2D eigenvalue weighted by atomic mass is 9.69. The predicted molar refractivity (Wildman–Crippen MR) is 81.3 cm³/mol. The number of rotatable bonds is 4. The quantitative estimate of drug-likeness (QED) is 0.785. The van der Waals surface area contributed by atoms with Crippen LogP contribution in [0, 0.1) is 16.7 Å². The van der Waals surface area contributed by atoms with Crippen LogP contribution >= 0.6 is 0 Å². The number of hydrogen-bond donors (Lipinski definition) is 0. The summed E-state index contributed by atoms with van der Waals surface area (Å²) in [5, 5.41) is 0. The smallest absolute Gasteiger partial charge is 0.143 e. The minimum Gasteiger partial charge on any atom is -0.497 e. The van der Waals surface area contributed by atoms with Gasteiger partial charge in [0, 0.05) is 6.42 Å². The molecule has 112 valence electrons. The normalized spacial score (nSPS) is 30.0. The minimum absolute atomic E-state index is 0.0455. The van der Waals surface area contributed by atoms with E-state index in [0.29, 0.717) is 11.7 Å². The molecule has 2 aliphatic carbocycles. The van der Waals surface area contributed by atoms with E-state index in [1.54, 1.807) is 13.4 Å². The summed E-state index contributed by atoms with van der Waals surface area (Å²) in [4.78, 5) is 12.4. The summed E-state index contributed by atoms with van der Waals surface area (Å²) < 4.78 is 10.8. The summed E-state index contributed by atoms with van der Waals surface area (Å²) in [6.45, 7) is 4.43. The topological polar surface area (TPSA) is 35.5 Å². The molecular weight excluding hydrogens is 264 g/mol. The maximum Gasteiger partial charge on any atom is 0.143 e. The number of carbonyl (C=O) groups excluding carboxylic acids is 1. The van der Waals surface area contributed by atoms with E-state index in [1.807, 2.05) is 30.3 Å². The maximum absolute atomic E-state index is 12.4. The van der Waals surface area contributed by atoms with E-state index < -0.39 is 0 Å². The van der Waals surface area contributed by atoms with Crippen LogP contribution in [0.3, 0.4) is 0 Å². The first-order valence-corrected chi connectivity index (χ1v) is 7.51. The fourth-order valence-electron chi connectivity index (χ4n) is 3.99.